The van der Waals surface area contributed by atoms with Gasteiger partial charge in [0.05, 0.1) is 5.54 Å². The van der Waals surface area contributed by atoms with E-state index in [1.54, 1.807) is 69.3 Å². The van der Waals surface area contributed by atoms with Crippen molar-refractivity contribution in [2.45, 2.75) is 31.8 Å². The zero-order chi connectivity index (χ0) is 17.6. The molecule has 126 valence electrons. The van der Waals surface area contributed by atoms with Gasteiger partial charge in [-0.05, 0) is 31.9 Å². The molecular weight excluding hydrogens is 324 g/mol. The molecule has 1 fully saturated rings. The Morgan fingerprint density at radius 2 is 1.29 bits per heavy atom. The fraction of sp³-hybridized carbons (Fsp3) is 0.278. The van der Waals surface area contributed by atoms with Crippen LogP contribution in [0.15, 0.2) is 60.7 Å². The molecule has 24 heavy (non-hydrogen) atoms. The Labute approximate surface area is 142 Å². The lowest BCUT2D eigenvalue weighted by molar-refractivity contribution is -0.132. The molecule has 1 N–H and O–H groups in total. The van der Waals surface area contributed by atoms with Gasteiger partial charge in [-0.3, -0.25) is 4.79 Å². The Kier molecular flexibility index (Phi) is 3.77. The number of benzene rings is 2. The van der Waals surface area contributed by atoms with Crippen molar-refractivity contribution in [2.75, 3.05) is 0 Å². The summed E-state index contributed by atoms with van der Waals surface area (Å²) in [7, 11) is -3.96. The Morgan fingerprint density at radius 3 is 1.62 bits per heavy atom. The molecule has 6 heteroatoms. The van der Waals surface area contributed by atoms with Crippen LogP contribution in [0, 0.1) is 0 Å². The second kappa shape index (κ2) is 5.43. The smallest absolute Gasteiger partial charge is 0.271 e. The van der Waals surface area contributed by atoms with Crippen molar-refractivity contribution in [3.8, 4) is 0 Å². The van der Waals surface area contributed by atoms with Crippen molar-refractivity contribution in [3.63, 3.8) is 0 Å². The van der Waals surface area contributed by atoms with Gasteiger partial charge in [-0.2, -0.15) is 13.1 Å². The van der Waals surface area contributed by atoms with Gasteiger partial charge in [0.25, 0.3) is 5.91 Å². The van der Waals surface area contributed by atoms with E-state index in [0.29, 0.717) is 11.1 Å². The molecule has 1 saturated heterocycles. The van der Waals surface area contributed by atoms with E-state index in [2.05, 4.69) is 4.72 Å². The minimum atomic E-state index is -3.96. The summed E-state index contributed by atoms with van der Waals surface area (Å²) in [6, 6.07) is 17.9. The number of amides is 1. The summed E-state index contributed by atoms with van der Waals surface area (Å²) >= 11 is 0. The van der Waals surface area contributed by atoms with E-state index in [1.807, 2.05) is 12.1 Å². The van der Waals surface area contributed by atoms with Gasteiger partial charge in [-0.25, -0.2) is 4.31 Å². The zero-order valence-electron chi connectivity index (χ0n) is 13.9. The number of hydrogen-bond acceptors (Lipinski definition) is 3. The van der Waals surface area contributed by atoms with Crippen LogP contribution in [0.5, 0.6) is 0 Å². The molecule has 0 atom stereocenters. The van der Waals surface area contributed by atoms with Crippen LogP contribution in [0.1, 0.15) is 31.9 Å². The summed E-state index contributed by atoms with van der Waals surface area (Å²) in [5.74, 6) is -0.493. The Bertz CT molecular complexity index is 817. The summed E-state index contributed by atoms with van der Waals surface area (Å²) < 4.78 is 29.1. The van der Waals surface area contributed by atoms with Crippen LogP contribution < -0.4 is 4.72 Å². The van der Waals surface area contributed by atoms with Gasteiger partial charge in [0.15, 0.2) is 5.54 Å². The van der Waals surface area contributed by atoms with Gasteiger partial charge in [0.1, 0.15) is 0 Å². The minimum Gasteiger partial charge on any atom is -0.271 e. The molecule has 0 aliphatic carbocycles. The molecule has 0 bridgehead atoms. The van der Waals surface area contributed by atoms with Crippen molar-refractivity contribution in [1.82, 2.24) is 9.03 Å². The molecule has 1 heterocycles. The topological polar surface area (TPSA) is 66.5 Å². The van der Waals surface area contributed by atoms with Crippen LogP contribution >= 0.6 is 0 Å². The molecule has 3 rings (SSSR count). The SMILES string of the molecule is CC(C)(C)N1C(=O)C(c2ccccc2)(c2ccccc2)NS1(=O)=O. The van der Waals surface area contributed by atoms with Crippen molar-refractivity contribution in [1.29, 1.82) is 0 Å². The maximum Gasteiger partial charge on any atom is 0.305 e. The number of nitrogens with one attached hydrogen (secondary N) is 1. The van der Waals surface area contributed by atoms with E-state index in [-0.39, 0.29) is 0 Å². The maximum atomic E-state index is 13.4. The zero-order valence-corrected chi connectivity index (χ0v) is 14.7. The molecule has 0 saturated carbocycles. The predicted molar refractivity (Wildman–Crippen MR) is 92.3 cm³/mol. The molecule has 0 spiro atoms. The molecule has 1 aliphatic heterocycles. The molecule has 0 radical (unpaired) electrons. The van der Waals surface area contributed by atoms with Crippen LogP contribution in [0.25, 0.3) is 0 Å². The summed E-state index contributed by atoms with van der Waals surface area (Å²) in [6.45, 7) is 5.11. The fourth-order valence-corrected chi connectivity index (χ4v) is 4.99. The lowest BCUT2D eigenvalue weighted by Crippen LogP contribution is -2.48. The van der Waals surface area contributed by atoms with E-state index in [4.69, 9.17) is 0 Å². The van der Waals surface area contributed by atoms with Gasteiger partial charge in [0, 0.05) is 0 Å². The quantitative estimate of drug-likeness (QED) is 0.910. The predicted octanol–water partition coefficient (Wildman–Crippen LogP) is 2.41. The highest BCUT2D eigenvalue weighted by molar-refractivity contribution is 7.88. The third kappa shape index (κ3) is 2.42. The highest BCUT2D eigenvalue weighted by Crippen LogP contribution is 2.40. The first-order valence-corrected chi connectivity index (χ1v) is 9.13. The summed E-state index contributed by atoms with van der Waals surface area (Å²) in [5.41, 5.74) is -1.13. The van der Waals surface area contributed by atoms with Crippen molar-refractivity contribution in [3.05, 3.63) is 71.8 Å². The van der Waals surface area contributed by atoms with E-state index in [1.165, 1.54) is 0 Å². The van der Waals surface area contributed by atoms with E-state index in [9.17, 15) is 13.2 Å². The number of rotatable bonds is 2. The largest absolute Gasteiger partial charge is 0.305 e. The highest BCUT2D eigenvalue weighted by Gasteiger charge is 2.59. The number of carbonyl (C=O) groups excluding carboxylic acids is 1. The van der Waals surface area contributed by atoms with Gasteiger partial charge in [-0.15, -0.1) is 0 Å². The first-order valence-electron chi connectivity index (χ1n) is 7.69. The monoisotopic (exact) mass is 344 g/mol. The number of carbonyl (C=O) groups is 1. The third-order valence-corrected chi connectivity index (χ3v) is 5.81. The molecule has 5 nitrogen and oxygen atoms in total. The molecule has 2 aromatic carbocycles. The first-order chi connectivity index (χ1) is 11.2. The minimum absolute atomic E-state index is 0.493. The normalized spacial score (nSPS) is 19.5. The molecule has 0 aromatic heterocycles. The average Bonchev–Trinajstić information content (AvgIpc) is 2.75. The van der Waals surface area contributed by atoms with Crippen molar-refractivity contribution in [2.24, 2.45) is 0 Å². The Hall–Kier alpha value is -2.18. The summed E-state index contributed by atoms with van der Waals surface area (Å²) in [4.78, 5) is 13.4. The van der Waals surface area contributed by atoms with E-state index < -0.39 is 27.2 Å². The number of nitrogens with zero attached hydrogens (tertiary/aromatic N) is 1. The van der Waals surface area contributed by atoms with Gasteiger partial charge in [-0.1, -0.05) is 60.7 Å². The van der Waals surface area contributed by atoms with Crippen LogP contribution in [0.2, 0.25) is 0 Å². The lowest BCUT2D eigenvalue weighted by Gasteiger charge is -2.31. The average molecular weight is 344 g/mol. The standard InChI is InChI=1S/C18H20N2O3S/c1-17(2,3)20-16(21)18(19-24(20,22)23,14-10-6-4-7-11-14)15-12-8-5-9-13-15/h4-13,19H,1-3H3. The van der Waals surface area contributed by atoms with Crippen LogP contribution in [0.3, 0.4) is 0 Å². The van der Waals surface area contributed by atoms with Crippen LogP contribution in [-0.4, -0.2) is 24.2 Å². The Morgan fingerprint density at radius 1 is 0.875 bits per heavy atom. The van der Waals surface area contributed by atoms with E-state index >= 15 is 0 Å². The second-order valence-electron chi connectivity index (χ2n) is 6.83. The summed E-state index contributed by atoms with van der Waals surface area (Å²) in [6.07, 6.45) is 0. The molecule has 1 amide bonds. The van der Waals surface area contributed by atoms with Gasteiger partial charge in [0.2, 0.25) is 0 Å². The first kappa shape index (κ1) is 16.7. The number of hydrogen-bond donors (Lipinski definition) is 1. The van der Waals surface area contributed by atoms with Crippen LogP contribution in [0.4, 0.5) is 0 Å². The van der Waals surface area contributed by atoms with Gasteiger partial charge >= 0.3 is 10.2 Å². The highest BCUT2D eigenvalue weighted by atomic mass is 32.2. The second-order valence-corrected chi connectivity index (χ2v) is 8.35. The van der Waals surface area contributed by atoms with Gasteiger partial charge < -0.3 is 0 Å². The lowest BCUT2D eigenvalue weighted by atomic mass is 9.82. The molecule has 2 aromatic rings. The summed E-state index contributed by atoms with van der Waals surface area (Å²) in [5, 5.41) is 0. The Balaban J connectivity index is 2.32. The molecule has 0 unspecified atom stereocenters. The van der Waals surface area contributed by atoms with E-state index in [0.717, 1.165) is 4.31 Å². The van der Waals surface area contributed by atoms with Crippen molar-refractivity contribution < 1.29 is 13.2 Å². The fourth-order valence-electron chi connectivity index (χ4n) is 3.12. The molecular formula is C18H20N2O3S. The van der Waals surface area contributed by atoms with Crippen LogP contribution in [-0.2, 0) is 20.5 Å². The third-order valence-electron chi connectivity index (χ3n) is 4.05. The molecule has 1 aliphatic rings. The maximum absolute atomic E-state index is 13.4. The van der Waals surface area contributed by atoms with Crippen molar-refractivity contribution >= 4 is 16.1 Å².